The Morgan fingerprint density at radius 3 is 2.95 bits per heavy atom. The molecule has 1 heterocycles. The van der Waals surface area contributed by atoms with Crippen LogP contribution in [0.4, 0.5) is 4.39 Å². The maximum Gasteiger partial charge on any atom is 0.305 e. The van der Waals surface area contributed by atoms with Crippen LogP contribution in [0.15, 0.2) is 22.7 Å². The summed E-state index contributed by atoms with van der Waals surface area (Å²) < 4.78 is 13.9. The van der Waals surface area contributed by atoms with Crippen molar-refractivity contribution < 1.29 is 19.1 Å². The van der Waals surface area contributed by atoms with Gasteiger partial charge >= 0.3 is 5.97 Å². The van der Waals surface area contributed by atoms with Crippen molar-refractivity contribution in [1.82, 2.24) is 4.90 Å². The first-order valence-corrected chi connectivity index (χ1v) is 8.45. The average Bonchev–Trinajstić information content (AvgIpc) is 2.42. The quantitative estimate of drug-likeness (QED) is 0.878. The van der Waals surface area contributed by atoms with Gasteiger partial charge in [-0.2, -0.15) is 11.8 Å². The third kappa shape index (κ3) is 4.44. The highest BCUT2D eigenvalue weighted by Crippen LogP contribution is 2.23. The van der Waals surface area contributed by atoms with Crippen LogP contribution in [-0.4, -0.2) is 46.0 Å². The number of carboxylic acid groups (broad SMARTS) is 1. The van der Waals surface area contributed by atoms with Crippen LogP contribution in [0.1, 0.15) is 12.0 Å². The first-order valence-electron chi connectivity index (χ1n) is 6.50. The van der Waals surface area contributed by atoms with E-state index in [1.807, 2.05) is 0 Å². The van der Waals surface area contributed by atoms with E-state index >= 15 is 0 Å². The Hall–Kier alpha value is -1.08. The van der Waals surface area contributed by atoms with Gasteiger partial charge in [0.1, 0.15) is 5.82 Å². The zero-order valence-electron chi connectivity index (χ0n) is 11.2. The van der Waals surface area contributed by atoms with E-state index in [1.165, 1.54) is 12.1 Å². The third-order valence-electron chi connectivity index (χ3n) is 3.31. The van der Waals surface area contributed by atoms with E-state index in [0.29, 0.717) is 22.3 Å². The molecule has 21 heavy (non-hydrogen) atoms. The molecule has 2 rings (SSSR count). The fraction of sp³-hybridized carbons (Fsp3) is 0.429. The van der Waals surface area contributed by atoms with Crippen molar-refractivity contribution in [3.8, 4) is 0 Å². The molecule has 1 aliphatic rings. The summed E-state index contributed by atoms with van der Waals surface area (Å²) in [4.78, 5) is 24.9. The molecule has 114 valence electrons. The van der Waals surface area contributed by atoms with Gasteiger partial charge in [0.2, 0.25) is 5.91 Å². The minimum atomic E-state index is -0.910. The molecule has 0 saturated carbocycles. The van der Waals surface area contributed by atoms with E-state index in [-0.39, 0.29) is 24.8 Å². The largest absolute Gasteiger partial charge is 0.481 e. The molecule has 1 aromatic rings. The lowest BCUT2D eigenvalue weighted by Gasteiger charge is -2.34. The number of thioether (sulfide) groups is 1. The minimum Gasteiger partial charge on any atom is -0.481 e. The number of benzene rings is 1. The highest BCUT2D eigenvalue weighted by Gasteiger charge is 2.29. The predicted molar refractivity (Wildman–Crippen MR) is 82.9 cm³/mol. The summed E-state index contributed by atoms with van der Waals surface area (Å²) in [6, 6.07) is 3.93. The molecule has 0 bridgehead atoms. The molecule has 1 unspecified atom stereocenters. The first kappa shape index (κ1) is 16.3. The Labute approximate surface area is 134 Å². The molecule has 1 aromatic carbocycles. The standard InChI is InChI=1S/C14H15BrFNO3S/c15-12-2-1-10(16)5-9(12)6-13(18)17-3-4-21-8-11(17)7-14(19)20/h1-2,5,11H,3-4,6-8H2,(H,19,20). The molecule has 1 amide bonds. The Kier molecular flexibility index (Phi) is 5.64. The molecule has 0 radical (unpaired) electrons. The van der Waals surface area contributed by atoms with Gasteiger partial charge in [-0.25, -0.2) is 4.39 Å². The van der Waals surface area contributed by atoms with Crippen molar-refractivity contribution in [3.63, 3.8) is 0 Å². The first-order chi connectivity index (χ1) is 9.97. The van der Waals surface area contributed by atoms with Crippen LogP contribution in [0.2, 0.25) is 0 Å². The van der Waals surface area contributed by atoms with Gasteiger partial charge in [0.25, 0.3) is 0 Å². The van der Waals surface area contributed by atoms with Crippen LogP contribution in [0.5, 0.6) is 0 Å². The smallest absolute Gasteiger partial charge is 0.305 e. The number of hydrogen-bond acceptors (Lipinski definition) is 3. The van der Waals surface area contributed by atoms with Gasteiger partial charge in [-0.05, 0) is 23.8 Å². The normalized spacial score (nSPS) is 18.6. The number of nitrogens with zero attached hydrogens (tertiary/aromatic N) is 1. The molecular weight excluding hydrogens is 361 g/mol. The summed E-state index contributed by atoms with van der Waals surface area (Å²) in [5.41, 5.74) is 0.576. The van der Waals surface area contributed by atoms with Gasteiger partial charge < -0.3 is 10.0 Å². The molecule has 0 spiro atoms. The third-order valence-corrected chi connectivity index (χ3v) is 5.17. The second kappa shape index (κ2) is 7.26. The average molecular weight is 376 g/mol. The predicted octanol–water partition coefficient (Wildman–Crippen LogP) is 2.55. The van der Waals surface area contributed by atoms with E-state index in [1.54, 1.807) is 22.7 Å². The van der Waals surface area contributed by atoms with E-state index in [2.05, 4.69) is 15.9 Å². The van der Waals surface area contributed by atoms with Gasteiger partial charge in [0, 0.05) is 22.5 Å². The van der Waals surface area contributed by atoms with Crippen molar-refractivity contribution in [2.24, 2.45) is 0 Å². The lowest BCUT2D eigenvalue weighted by Crippen LogP contribution is -2.47. The molecule has 1 saturated heterocycles. The molecule has 1 N–H and O–H groups in total. The fourth-order valence-corrected chi connectivity index (χ4v) is 3.75. The Morgan fingerprint density at radius 2 is 2.24 bits per heavy atom. The number of aliphatic carboxylic acids is 1. The Bertz CT molecular complexity index is 555. The lowest BCUT2D eigenvalue weighted by molar-refractivity contribution is -0.140. The van der Waals surface area contributed by atoms with Crippen LogP contribution in [0.3, 0.4) is 0 Å². The minimum absolute atomic E-state index is 0.0525. The van der Waals surface area contributed by atoms with Crippen LogP contribution < -0.4 is 0 Å². The molecule has 0 aromatic heterocycles. The number of halogens is 2. The van der Waals surface area contributed by atoms with Crippen molar-refractivity contribution in [3.05, 3.63) is 34.1 Å². The van der Waals surface area contributed by atoms with Gasteiger partial charge in [-0.1, -0.05) is 15.9 Å². The van der Waals surface area contributed by atoms with Crippen LogP contribution in [-0.2, 0) is 16.0 Å². The molecule has 4 nitrogen and oxygen atoms in total. The second-order valence-corrected chi connectivity index (χ2v) is 6.83. The number of carbonyl (C=O) groups excluding carboxylic acids is 1. The molecular formula is C14H15BrFNO3S. The second-order valence-electron chi connectivity index (χ2n) is 4.83. The summed E-state index contributed by atoms with van der Waals surface area (Å²) >= 11 is 4.95. The summed E-state index contributed by atoms with van der Waals surface area (Å²) in [5.74, 6) is -0.0356. The molecule has 1 aliphatic heterocycles. The highest BCUT2D eigenvalue weighted by molar-refractivity contribution is 9.10. The SMILES string of the molecule is O=C(O)CC1CSCCN1C(=O)Cc1cc(F)ccc1Br. The van der Waals surface area contributed by atoms with E-state index in [0.717, 1.165) is 5.75 Å². The molecule has 1 atom stereocenters. The van der Waals surface area contributed by atoms with Crippen LogP contribution >= 0.6 is 27.7 Å². The maximum absolute atomic E-state index is 13.3. The topological polar surface area (TPSA) is 57.6 Å². The summed E-state index contributed by atoms with van der Waals surface area (Å²) in [7, 11) is 0. The van der Waals surface area contributed by atoms with Crippen LogP contribution in [0.25, 0.3) is 0 Å². The van der Waals surface area contributed by atoms with Gasteiger partial charge in [-0.3, -0.25) is 9.59 Å². The highest BCUT2D eigenvalue weighted by atomic mass is 79.9. The van der Waals surface area contributed by atoms with E-state index in [9.17, 15) is 14.0 Å². The molecule has 1 fully saturated rings. The summed E-state index contributed by atoms with van der Waals surface area (Å²) in [6.45, 7) is 0.536. The van der Waals surface area contributed by atoms with E-state index < -0.39 is 11.8 Å². The number of rotatable bonds is 4. The van der Waals surface area contributed by atoms with Crippen molar-refractivity contribution in [2.75, 3.05) is 18.1 Å². The summed E-state index contributed by atoms with van der Waals surface area (Å²) in [6.07, 6.45) is 0.0161. The Morgan fingerprint density at radius 1 is 1.48 bits per heavy atom. The zero-order chi connectivity index (χ0) is 15.4. The maximum atomic E-state index is 13.3. The van der Waals surface area contributed by atoms with E-state index in [4.69, 9.17) is 5.11 Å². The van der Waals surface area contributed by atoms with Gasteiger partial charge in [-0.15, -0.1) is 0 Å². The number of carbonyl (C=O) groups is 2. The Balaban J connectivity index is 2.10. The van der Waals surface area contributed by atoms with Crippen molar-refractivity contribution in [1.29, 1.82) is 0 Å². The van der Waals surface area contributed by atoms with Gasteiger partial charge in [0.05, 0.1) is 18.9 Å². The number of carboxylic acids is 1. The van der Waals surface area contributed by atoms with Crippen molar-refractivity contribution in [2.45, 2.75) is 18.9 Å². The lowest BCUT2D eigenvalue weighted by atomic mass is 10.1. The monoisotopic (exact) mass is 375 g/mol. The fourth-order valence-electron chi connectivity index (χ4n) is 2.30. The van der Waals surface area contributed by atoms with Crippen molar-refractivity contribution >= 4 is 39.6 Å². The van der Waals surface area contributed by atoms with Crippen LogP contribution in [0, 0.1) is 5.82 Å². The summed E-state index contributed by atoms with van der Waals surface area (Å²) in [5, 5.41) is 8.93. The number of hydrogen-bond donors (Lipinski definition) is 1. The van der Waals surface area contributed by atoms with Gasteiger partial charge in [0.15, 0.2) is 0 Å². The molecule has 7 heteroatoms. The number of amides is 1. The zero-order valence-corrected chi connectivity index (χ0v) is 13.6. The molecule has 0 aliphatic carbocycles.